The van der Waals surface area contributed by atoms with Gasteiger partial charge in [0.1, 0.15) is 0 Å². The van der Waals surface area contributed by atoms with Gasteiger partial charge in [0.25, 0.3) is 0 Å². The molecule has 6 heteroatoms. The Kier molecular flexibility index (Phi) is 14.2. The molecule has 0 radical (unpaired) electrons. The van der Waals surface area contributed by atoms with E-state index in [2.05, 4.69) is 0 Å². The van der Waals surface area contributed by atoms with Crippen molar-refractivity contribution in [2.45, 2.75) is 0 Å². The van der Waals surface area contributed by atoms with Gasteiger partial charge in [-0.1, -0.05) is 0 Å². The Morgan fingerprint density at radius 3 is 1.12 bits per heavy atom. The van der Waals surface area contributed by atoms with Crippen molar-refractivity contribution in [3.05, 3.63) is 0 Å². The first-order valence-electron chi connectivity index (χ1n) is 1.11. The molecule has 0 fully saturated rings. The average Bonchev–Trinajstić information content (AvgIpc) is 1.36. The molecule has 0 rings (SSSR count). The molecule has 0 atom stereocenters. The number of carbonyl (C=O) groups is 2. The molecule has 4 nitrogen and oxygen atoms in total. The zero-order chi connectivity index (χ0) is 5.15. The summed E-state index contributed by atoms with van der Waals surface area (Å²) in [5.74, 6) is -3.65. The second-order valence-electron chi connectivity index (χ2n) is 0.610. The number of hydrogen-bond donors (Lipinski definition) is 2. The van der Waals surface area contributed by atoms with Crippen LogP contribution >= 0.6 is 12.4 Å². The van der Waals surface area contributed by atoms with Gasteiger partial charge in [0.05, 0.1) is 0 Å². The van der Waals surface area contributed by atoms with Gasteiger partial charge in [-0.2, -0.15) is 0 Å². The average molecular weight is 150 g/mol. The summed E-state index contributed by atoms with van der Waals surface area (Å²) in [5, 5.41) is 14.8. The molecule has 0 saturated carbocycles. The zero-order valence-corrected chi connectivity index (χ0v) is 3.94. The third-order valence-corrected chi connectivity index (χ3v) is 0.183. The molecule has 0 spiro atoms. The van der Waals surface area contributed by atoms with Gasteiger partial charge in [-0.15, -0.1) is 12.4 Å². The fourth-order valence-electron chi connectivity index (χ4n) is 0. The van der Waals surface area contributed by atoms with Crippen LogP contribution in [-0.2, 0) is 9.59 Å². The molecule has 0 aromatic carbocycles. The Balaban J connectivity index is -0.000000125. The topological polar surface area (TPSA) is 74.6 Å². The molecule has 0 aromatic rings. The van der Waals surface area contributed by atoms with Crippen LogP contribution < -0.4 is 0 Å². The van der Waals surface area contributed by atoms with Crippen LogP contribution in [0.1, 0.15) is 0 Å². The van der Waals surface area contributed by atoms with Crippen LogP contribution in [0.4, 0.5) is 0 Å². The van der Waals surface area contributed by atoms with Crippen molar-refractivity contribution in [2.75, 3.05) is 0 Å². The van der Waals surface area contributed by atoms with E-state index in [0.29, 0.717) is 0 Å². The molecule has 8 heavy (non-hydrogen) atoms. The summed E-state index contributed by atoms with van der Waals surface area (Å²) in [5.41, 5.74) is 0. The Labute approximate surface area is 73.6 Å². The van der Waals surface area contributed by atoms with Crippen LogP contribution in [0.3, 0.4) is 0 Å². The fourth-order valence-corrected chi connectivity index (χ4v) is 0. The van der Waals surface area contributed by atoms with E-state index in [4.69, 9.17) is 19.8 Å². The number of halogens is 1. The summed E-state index contributed by atoms with van der Waals surface area (Å²) >= 11 is 0. The summed E-state index contributed by atoms with van der Waals surface area (Å²) < 4.78 is 0. The molecular formula is C2H4ClNaO4. The summed E-state index contributed by atoms with van der Waals surface area (Å²) in [6.07, 6.45) is 0. The Morgan fingerprint density at radius 1 is 1.00 bits per heavy atom. The van der Waals surface area contributed by atoms with E-state index in [1.54, 1.807) is 0 Å². The summed E-state index contributed by atoms with van der Waals surface area (Å²) in [4.78, 5) is 18.2. The van der Waals surface area contributed by atoms with Crippen molar-refractivity contribution >= 4 is 53.9 Å². The number of carboxylic acid groups (broad SMARTS) is 2. The molecule has 44 valence electrons. The Bertz CT molecular complexity index is 80.0. The fraction of sp³-hybridized carbons (Fsp3) is 0. The molecule has 2 N–H and O–H groups in total. The van der Waals surface area contributed by atoms with Gasteiger partial charge in [-0.3, -0.25) is 0 Å². The van der Waals surface area contributed by atoms with E-state index < -0.39 is 11.9 Å². The van der Waals surface area contributed by atoms with Crippen LogP contribution in [0, 0.1) is 0 Å². The first-order valence-corrected chi connectivity index (χ1v) is 1.11. The minimum atomic E-state index is -1.82. The molecule has 0 aliphatic rings. The van der Waals surface area contributed by atoms with E-state index in [9.17, 15) is 0 Å². The number of rotatable bonds is 0. The van der Waals surface area contributed by atoms with Crippen LogP contribution in [-0.4, -0.2) is 51.7 Å². The van der Waals surface area contributed by atoms with Gasteiger partial charge in [-0.05, 0) is 0 Å². The van der Waals surface area contributed by atoms with Crippen molar-refractivity contribution in [3.8, 4) is 0 Å². The molecule has 0 bridgehead atoms. The standard InChI is InChI=1S/C2H2O4.ClH.Na.H/c3-1(4)2(5)6;;;/h(H,3,4)(H,5,6);1H;;. The van der Waals surface area contributed by atoms with Crippen LogP contribution in [0.15, 0.2) is 0 Å². The molecule has 0 aromatic heterocycles. The van der Waals surface area contributed by atoms with Gasteiger partial charge >= 0.3 is 41.5 Å². The summed E-state index contributed by atoms with van der Waals surface area (Å²) in [7, 11) is 0. The van der Waals surface area contributed by atoms with Crippen molar-refractivity contribution in [2.24, 2.45) is 0 Å². The Morgan fingerprint density at radius 2 is 1.12 bits per heavy atom. The van der Waals surface area contributed by atoms with Crippen molar-refractivity contribution < 1.29 is 19.8 Å². The van der Waals surface area contributed by atoms with E-state index in [1.165, 1.54) is 0 Å². The Hall–Kier alpha value is 0.230. The van der Waals surface area contributed by atoms with Crippen molar-refractivity contribution in [1.82, 2.24) is 0 Å². The second-order valence-corrected chi connectivity index (χ2v) is 0.610. The third-order valence-electron chi connectivity index (χ3n) is 0.183. The van der Waals surface area contributed by atoms with E-state index >= 15 is 0 Å². The number of hydrogen-bond acceptors (Lipinski definition) is 2. The third kappa shape index (κ3) is 9.52. The number of aliphatic carboxylic acids is 2. The SMILES string of the molecule is Cl.O=C(O)C(=O)O.[NaH]. The van der Waals surface area contributed by atoms with E-state index in [0.717, 1.165) is 0 Å². The predicted molar refractivity (Wildman–Crippen MR) is 29.7 cm³/mol. The minimum absolute atomic E-state index is 0. The van der Waals surface area contributed by atoms with Gasteiger partial charge in [0.2, 0.25) is 0 Å². The molecule has 0 unspecified atom stereocenters. The molecule has 0 heterocycles. The maximum atomic E-state index is 9.10. The van der Waals surface area contributed by atoms with Crippen LogP contribution in [0.5, 0.6) is 0 Å². The van der Waals surface area contributed by atoms with Crippen LogP contribution in [0.25, 0.3) is 0 Å². The molecule has 0 saturated heterocycles. The summed E-state index contributed by atoms with van der Waals surface area (Å²) in [6, 6.07) is 0. The molecular weight excluding hydrogens is 146 g/mol. The first-order chi connectivity index (χ1) is 2.64. The van der Waals surface area contributed by atoms with E-state index in [1.807, 2.05) is 0 Å². The monoisotopic (exact) mass is 150 g/mol. The van der Waals surface area contributed by atoms with E-state index in [-0.39, 0.29) is 42.0 Å². The van der Waals surface area contributed by atoms with Crippen molar-refractivity contribution in [3.63, 3.8) is 0 Å². The number of carboxylic acids is 2. The maximum absolute atomic E-state index is 9.10. The van der Waals surface area contributed by atoms with Gasteiger partial charge < -0.3 is 10.2 Å². The second kappa shape index (κ2) is 7.23. The van der Waals surface area contributed by atoms with Gasteiger partial charge in [0.15, 0.2) is 0 Å². The van der Waals surface area contributed by atoms with Gasteiger partial charge in [0, 0.05) is 0 Å². The molecule has 0 aliphatic carbocycles. The molecule has 0 aliphatic heterocycles. The quantitative estimate of drug-likeness (QED) is 0.341. The zero-order valence-electron chi connectivity index (χ0n) is 3.12. The van der Waals surface area contributed by atoms with Gasteiger partial charge in [-0.25, -0.2) is 9.59 Å². The first kappa shape index (κ1) is 15.7. The normalized spacial score (nSPS) is 5.50. The molecule has 0 amide bonds. The van der Waals surface area contributed by atoms with Crippen molar-refractivity contribution in [1.29, 1.82) is 0 Å². The van der Waals surface area contributed by atoms with Crippen LogP contribution in [0.2, 0.25) is 0 Å². The summed E-state index contributed by atoms with van der Waals surface area (Å²) in [6.45, 7) is 0. The predicted octanol–water partition coefficient (Wildman–Crippen LogP) is -1.07.